The Morgan fingerprint density at radius 1 is 1.39 bits per heavy atom. The van der Waals surface area contributed by atoms with Gasteiger partial charge in [0.05, 0.1) is 12.0 Å². The van der Waals surface area contributed by atoms with Gasteiger partial charge in [-0.2, -0.15) is 0 Å². The van der Waals surface area contributed by atoms with Crippen molar-refractivity contribution in [3.63, 3.8) is 0 Å². The first-order valence-electron chi connectivity index (χ1n) is 7.13. The highest BCUT2D eigenvalue weighted by atomic mass is 32.1. The normalized spacial score (nSPS) is 10.7. The van der Waals surface area contributed by atoms with Crippen molar-refractivity contribution < 1.29 is 9.18 Å². The highest BCUT2D eigenvalue weighted by Crippen LogP contribution is 2.29. The van der Waals surface area contributed by atoms with E-state index in [9.17, 15) is 9.18 Å². The number of aromatic amines is 1. The van der Waals surface area contributed by atoms with Crippen molar-refractivity contribution in [1.82, 2.24) is 20.3 Å². The number of thiazole rings is 1. The average molecular weight is 330 g/mol. The molecule has 23 heavy (non-hydrogen) atoms. The van der Waals surface area contributed by atoms with E-state index in [1.165, 1.54) is 17.4 Å². The van der Waals surface area contributed by atoms with E-state index in [-0.39, 0.29) is 11.7 Å². The maximum absolute atomic E-state index is 13.8. The predicted molar refractivity (Wildman–Crippen MR) is 86.9 cm³/mol. The summed E-state index contributed by atoms with van der Waals surface area (Å²) in [6.07, 6.45) is 4.00. The molecule has 0 radical (unpaired) electrons. The standard InChI is InChI=1S/C16H15FN4OS/c1-10-14(15(22)19-7-6-11-8-18-9-20-11)23-16(21-10)12-4-2-3-5-13(12)17/h2-5,8-9H,6-7H2,1H3,(H,18,20)(H,19,22). The molecule has 0 bridgehead atoms. The Bertz CT molecular complexity index is 813. The van der Waals surface area contributed by atoms with Gasteiger partial charge in [-0.25, -0.2) is 14.4 Å². The summed E-state index contributed by atoms with van der Waals surface area (Å²) in [6, 6.07) is 6.42. The number of H-pyrrole nitrogens is 1. The monoisotopic (exact) mass is 330 g/mol. The summed E-state index contributed by atoms with van der Waals surface area (Å²) in [6.45, 7) is 2.25. The number of hydrogen-bond donors (Lipinski definition) is 2. The van der Waals surface area contributed by atoms with Gasteiger partial charge in [0.15, 0.2) is 0 Å². The fourth-order valence-electron chi connectivity index (χ4n) is 2.17. The Morgan fingerprint density at radius 3 is 2.96 bits per heavy atom. The molecule has 1 aromatic carbocycles. The maximum atomic E-state index is 13.8. The number of aromatic nitrogens is 3. The second-order valence-electron chi connectivity index (χ2n) is 5.00. The molecule has 0 aliphatic heterocycles. The Hall–Kier alpha value is -2.54. The van der Waals surface area contributed by atoms with Crippen LogP contribution in [-0.2, 0) is 6.42 Å². The van der Waals surface area contributed by atoms with Crippen LogP contribution in [-0.4, -0.2) is 27.4 Å². The van der Waals surface area contributed by atoms with E-state index >= 15 is 0 Å². The second kappa shape index (κ2) is 6.70. The Kier molecular flexibility index (Phi) is 4.47. The molecule has 2 N–H and O–H groups in total. The number of nitrogens with one attached hydrogen (secondary N) is 2. The minimum absolute atomic E-state index is 0.192. The van der Waals surface area contributed by atoms with Crippen LogP contribution in [0.4, 0.5) is 4.39 Å². The molecule has 2 aromatic heterocycles. The van der Waals surface area contributed by atoms with E-state index in [1.54, 1.807) is 37.6 Å². The topological polar surface area (TPSA) is 70.7 Å². The molecule has 0 atom stereocenters. The zero-order chi connectivity index (χ0) is 16.2. The van der Waals surface area contributed by atoms with E-state index in [0.717, 1.165) is 5.69 Å². The number of nitrogens with zero attached hydrogens (tertiary/aromatic N) is 2. The van der Waals surface area contributed by atoms with Crippen LogP contribution in [0.1, 0.15) is 21.1 Å². The summed E-state index contributed by atoms with van der Waals surface area (Å²) in [5.41, 5.74) is 1.97. The van der Waals surface area contributed by atoms with Gasteiger partial charge in [-0.05, 0) is 19.1 Å². The fourth-order valence-corrected chi connectivity index (χ4v) is 3.18. The summed E-state index contributed by atoms with van der Waals surface area (Å²) in [7, 11) is 0. The lowest BCUT2D eigenvalue weighted by atomic mass is 10.2. The molecule has 1 amide bonds. The van der Waals surface area contributed by atoms with Gasteiger partial charge < -0.3 is 10.3 Å². The van der Waals surface area contributed by atoms with Gasteiger partial charge >= 0.3 is 0 Å². The van der Waals surface area contributed by atoms with Crippen molar-refractivity contribution in [2.24, 2.45) is 0 Å². The van der Waals surface area contributed by atoms with Gasteiger partial charge in [0.25, 0.3) is 5.91 Å². The van der Waals surface area contributed by atoms with Gasteiger partial charge in [-0.1, -0.05) is 12.1 Å². The molecular weight excluding hydrogens is 315 g/mol. The van der Waals surface area contributed by atoms with Crippen LogP contribution < -0.4 is 5.32 Å². The van der Waals surface area contributed by atoms with Crippen molar-refractivity contribution >= 4 is 17.2 Å². The van der Waals surface area contributed by atoms with Gasteiger partial charge in [0, 0.05) is 30.4 Å². The summed E-state index contributed by atoms with van der Waals surface area (Å²) < 4.78 is 13.8. The number of carbonyl (C=O) groups excluding carboxylic acids is 1. The number of rotatable bonds is 5. The Morgan fingerprint density at radius 2 is 2.22 bits per heavy atom. The Labute approximate surface area is 136 Å². The number of benzene rings is 1. The first kappa shape index (κ1) is 15.4. The molecule has 0 saturated heterocycles. The van der Waals surface area contributed by atoms with Crippen molar-refractivity contribution in [2.45, 2.75) is 13.3 Å². The zero-order valence-corrected chi connectivity index (χ0v) is 13.3. The molecule has 0 spiro atoms. The van der Waals surface area contributed by atoms with Gasteiger partial charge in [0.1, 0.15) is 15.7 Å². The van der Waals surface area contributed by atoms with E-state index in [2.05, 4.69) is 20.3 Å². The molecular formula is C16H15FN4OS. The lowest BCUT2D eigenvalue weighted by molar-refractivity contribution is 0.0957. The predicted octanol–water partition coefficient (Wildman–Crippen LogP) is 2.95. The lowest BCUT2D eigenvalue weighted by Crippen LogP contribution is -2.25. The number of halogens is 1. The molecule has 3 rings (SSSR count). The molecule has 7 heteroatoms. The van der Waals surface area contributed by atoms with Gasteiger partial charge in [-0.15, -0.1) is 11.3 Å². The van der Waals surface area contributed by atoms with E-state index in [4.69, 9.17) is 0 Å². The SMILES string of the molecule is Cc1nc(-c2ccccc2F)sc1C(=O)NCCc1cnc[nH]1. The second-order valence-corrected chi connectivity index (χ2v) is 6.00. The van der Waals surface area contributed by atoms with Crippen LogP contribution >= 0.6 is 11.3 Å². The molecule has 118 valence electrons. The summed E-state index contributed by atoms with van der Waals surface area (Å²) in [5.74, 6) is -0.533. The summed E-state index contributed by atoms with van der Waals surface area (Å²) >= 11 is 1.20. The molecule has 2 heterocycles. The first-order chi connectivity index (χ1) is 11.1. The van der Waals surface area contributed by atoms with Gasteiger partial charge in [0.2, 0.25) is 0 Å². The number of amides is 1. The molecule has 0 aliphatic rings. The third-order valence-electron chi connectivity index (χ3n) is 3.34. The number of imidazole rings is 1. The zero-order valence-electron chi connectivity index (χ0n) is 12.5. The van der Waals surface area contributed by atoms with E-state index < -0.39 is 0 Å². The summed E-state index contributed by atoms with van der Waals surface area (Å²) in [5, 5.41) is 3.36. The third-order valence-corrected chi connectivity index (χ3v) is 4.53. The highest BCUT2D eigenvalue weighted by molar-refractivity contribution is 7.17. The first-order valence-corrected chi connectivity index (χ1v) is 7.94. The van der Waals surface area contributed by atoms with Crippen LogP contribution in [0.15, 0.2) is 36.8 Å². The van der Waals surface area contributed by atoms with Crippen molar-refractivity contribution in [3.8, 4) is 10.6 Å². The van der Waals surface area contributed by atoms with Crippen LogP contribution in [0.3, 0.4) is 0 Å². The molecule has 0 fully saturated rings. The number of aryl methyl sites for hydroxylation is 1. The highest BCUT2D eigenvalue weighted by Gasteiger charge is 2.17. The quantitative estimate of drug-likeness (QED) is 0.755. The maximum Gasteiger partial charge on any atom is 0.263 e. The minimum Gasteiger partial charge on any atom is -0.351 e. The average Bonchev–Trinajstić information content (AvgIpc) is 3.17. The molecule has 3 aromatic rings. The van der Waals surface area contributed by atoms with Crippen molar-refractivity contribution in [1.29, 1.82) is 0 Å². The third kappa shape index (κ3) is 3.45. The number of hydrogen-bond acceptors (Lipinski definition) is 4. The largest absolute Gasteiger partial charge is 0.351 e. The fraction of sp³-hybridized carbons (Fsp3) is 0.188. The smallest absolute Gasteiger partial charge is 0.263 e. The van der Waals surface area contributed by atoms with Crippen molar-refractivity contribution in [3.05, 3.63) is 58.9 Å². The van der Waals surface area contributed by atoms with E-state index in [1.807, 2.05) is 0 Å². The van der Waals surface area contributed by atoms with Crippen LogP contribution in [0.5, 0.6) is 0 Å². The summed E-state index contributed by atoms with van der Waals surface area (Å²) in [4.78, 5) is 24.0. The minimum atomic E-state index is -0.340. The Balaban J connectivity index is 1.70. The lowest BCUT2D eigenvalue weighted by Gasteiger charge is -2.02. The molecule has 0 saturated carbocycles. The number of carbonyl (C=O) groups is 1. The van der Waals surface area contributed by atoms with Crippen LogP contribution in [0.2, 0.25) is 0 Å². The van der Waals surface area contributed by atoms with Crippen molar-refractivity contribution in [2.75, 3.05) is 6.54 Å². The van der Waals surface area contributed by atoms with Crippen LogP contribution in [0, 0.1) is 12.7 Å². The molecule has 0 unspecified atom stereocenters. The molecule has 0 aliphatic carbocycles. The van der Waals surface area contributed by atoms with Gasteiger partial charge in [-0.3, -0.25) is 4.79 Å². The van der Waals surface area contributed by atoms with Crippen LogP contribution in [0.25, 0.3) is 10.6 Å². The molecule has 5 nitrogen and oxygen atoms in total. The van der Waals surface area contributed by atoms with E-state index in [0.29, 0.717) is 34.1 Å².